The number of rotatable bonds is 4. The van der Waals surface area contributed by atoms with Crippen molar-refractivity contribution < 1.29 is 14.3 Å². The van der Waals surface area contributed by atoms with E-state index < -0.39 is 11.9 Å². The van der Waals surface area contributed by atoms with E-state index in [-0.39, 0.29) is 6.61 Å². The zero-order valence-corrected chi connectivity index (χ0v) is 13.1. The van der Waals surface area contributed by atoms with Crippen LogP contribution in [0.5, 0.6) is 0 Å². The molecule has 0 bridgehead atoms. The molecule has 0 saturated heterocycles. The highest BCUT2D eigenvalue weighted by atomic mass is 35.5. The number of nitrogens with one attached hydrogen (secondary N) is 1. The van der Waals surface area contributed by atoms with Gasteiger partial charge in [-0.3, -0.25) is 4.79 Å². The maximum Gasteiger partial charge on any atom is 0.338 e. The van der Waals surface area contributed by atoms with Gasteiger partial charge in [-0.15, -0.1) is 0 Å². The summed E-state index contributed by atoms with van der Waals surface area (Å²) < 4.78 is 4.99. The molecule has 4 nitrogen and oxygen atoms in total. The van der Waals surface area contributed by atoms with E-state index in [0.717, 1.165) is 11.1 Å². The molecule has 0 aromatic heterocycles. The highest BCUT2D eigenvalue weighted by molar-refractivity contribution is 6.31. The quantitative estimate of drug-likeness (QED) is 0.874. The number of hydrogen-bond donors (Lipinski definition) is 1. The number of ether oxygens (including phenoxy) is 1. The number of halogens is 1. The van der Waals surface area contributed by atoms with Gasteiger partial charge in [0.05, 0.1) is 5.56 Å². The van der Waals surface area contributed by atoms with Crippen LogP contribution in [0.2, 0.25) is 5.02 Å². The number of carbonyl (C=O) groups is 2. The molecule has 5 heteroatoms. The standard InChI is InChI=1S/C17H16ClNO3/c1-11-6-8-13(9-7-11)17(21)22-10-16(20)19-15-5-3-4-14(18)12(15)2/h3-9H,10H2,1-2H3,(H,19,20). The number of benzene rings is 2. The second kappa shape index (κ2) is 7.09. The van der Waals surface area contributed by atoms with E-state index >= 15 is 0 Å². The van der Waals surface area contributed by atoms with Crippen molar-refractivity contribution in [1.29, 1.82) is 0 Å². The molecular formula is C17H16ClNO3. The molecule has 22 heavy (non-hydrogen) atoms. The van der Waals surface area contributed by atoms with Gasteiger partial charge in [0.1, 0.15) is 0 Å². The van der Waals surface area contributed by atoms with Crippen molar-refractivity contribution in [1.82, 2.24) is 0 Å². The SMILES string of the molecule is Cc1ccc(C(=O)OCC(=O)Nc2cccc(Cl)c2C)cc1. The Bertz CT molecular complexity index is 696. The van der Waals surface area contributed by atoms with E-state index in [2.05, 4.69) is 5.32 Å². The molecule has 0 aliphatic heterocycles. The maximum absolute atomic E-state index is 11.8. The lowest BCUT2D eigenvalue weighted by atomic mass is 10.1. The van der Waals surface area contributed by atoms with Crippen molar-refractivity contribution in [2.75, 3.05) is 11.9 Å². The summed E-state index contributed by atoms with van der Waals surface area (Å²) in [7, 11) is 0. The van der Waals surface area contributed by atoms with Crippen molar-refractivity contribution in [3.05, 3.63) is 64.2 Å². The highest BCUT2D eigenvalue weighted by Crippen LogP contribution is 2.22. The molecule has 2 aromatic rings. The van der Waals surface area contributed by atoms with E-state index in [4.69, 9.17) is 16.3 Å². The molecule has 1 amide bonds. The van der Waals surface area contributed by atoms with Gasteiger partial charge in [0.15, 0.2) is 6.61 Å². The molecule has 0 atom stereocenters. The van der Waals surface area contributed by atoms with E-state index in [9.17, 15) is 9.59 Å². The number of esters is 1. The maximum atomic E-state index is 11.8. The molecule has 1 N–H and O–H groups in total. The molecule has 0 heterocycles. The first kappa shape index (κ1) is 16.0. The Kier molecular flexibility index (Phi) is 5.17. The molecule has 114 valence electrons. The van der Waals surface area contributed by atoms with Gasteiger partial charge in [-0.2, -0.15) is 0 Å². The minimum atomic E-state index is -0.530. The molecular weight excluding hydrogens is 302 g/mol. The summed E-state index contributed by atoms with van der Waals surface area (Å²) in [6.45, 7) is 3.38. The lowest BCUT2D eigenvalue weighted by Crippen LogP contribution is -2.21. The molecule has 0 aliphatic carbocycles. The molecule has 2 rings (SSSR count). The molecule has 0 fully saturated rings. The Labute approximate surface area is 134 Å². The number of carbonyl (C=O) groups excluding carboxylic acids is 2. The Morgan fingerprint density at radius 2 is 1.77 bits per heavy atom. The van der Waals surface area contributed by atoms with Crippen LogP contribution in [-0.2, 0) is 9.53 Å². The second-order valence-electron chi connectivity index (χ2n) is 4.90. The summed E-state index contributed by atoms with van der Waals surface area (Å²) in [4.78, 5) is 23.6. The second-order valence-corrected chi connectivity index (χ2v) is 5.31. The summed E-state index contributed by atoms with van der Waals surface area (Å²) in [6, 6.07) is 12.2. The van der Waals surface area contributed by atoms with Gasteiger partial charge < -0.3 is 10.1 Å². The van der Waals surface area contributed by atoms with Gasteiger partial charge >= 0.3 is 5.97 Å². The van der Waals surface area contributed by atoms with Crippen LogP contribution in [0, 0.1) is 13.8 Å². The fraction of sp³-hybridized carbons (Fsp3) is 0.176. The van der Waals surface area contributed by atoms with Crippen LogP contribution < -0.4 is 5.32 Å². The first-order valence-electron chi connectivity index (χ1n) is 6.76. The topological polar surface area (TPSA) is 55.4 Å². The summed E-state index contributed by atoms with van der Waals surface area (Å²) in [5.74, 6) is -0.941. The molecule has 2 aromatic carbocycles. The predicted molar refractivity (Wildman–Crippen MR) is 86.3 cm³/mol. The summed E-state index contributed by atoms with van der Waals surface area (Å²) in [5.41, 5.74) is 2.83. The molecule has 0 aliphatic rings. The van der Waals surface area contributed by atoms with E-state index in [1.807, 2.05) is 19.1 Å². The van der Waals surface area contributed by atoms with Gasteiger partial charge in [0, 0.05) is 10.7 Å². The average molecular weight is 318 g/mol. The number of hydrogen-bond acceptors (Lipinski definition) is 3. The van der Waals surface area contributed by atoms with Crippen LogP contribution in [0.3, 0.4) is 0 Å². The fourth-order valence-corrected chi connectivity index (χ4v) is 2.01. The van der Waals surface area contributed by atoms with Gasteiger partial charge in [0.25, 0.3) is 5.91 Å². The molecule has 0 spiro atoms. The van der Waals surface area contributed by atoms with Crippen LogP contribution in [0.25, 0.3) is 0 Å². The lowest BCUT2D eigenvalue weighted by molar-refractivity contribution is -0.119. The van der Waals surface area contributed by atoms with Gasteiger partial charge in [0.2, 0.25) is 0 Å². The number of amides is 1. The number of anilines is 1. The van der Waals surface area contributed by atoms with Crippen molar-refractivity contribution >= 4 is 29.2 Å². The Morgan fingerprint density at radius 3 is 2.45 bits per heavy atom. The Hall–Kier alpha value is -2.33. The zero-order valence-electron chi connectivity index (χ0n) is 12.4. The largest absolute Gasteiger partial charge is 0.452 e. The minimum Gasteiger partial charge on any atom is -0.452 e. The van der Waals surface area contributed by atoms with Crippen LogP contribution in [-0.4, -0.2) is 18.5 Å². The van der Waals surface area contributed by atoms with Crippen molar-refractivity contribution in [3.63, 3.8) is 0 Å². The van der Waals surface area contributed by atoms with Crippen molar-refractivity contribution in [2.45, 2.75) is 13.8 Å². The Balaban J connectivity index is 1.91. The average Bonchev–Trinajstić information content (AvgIpc) is 2.50. The number of aryl methyl sites for hydroxylation is 1. The fourth-order valence-electron chi connectivity index (χ4n) is 1.83. The zero-order chi connectivity index (χ0) is 16.1. The van der Waals surface area contributed by atoms with Gasteiger partial charge in [-0.1, -0.05) is 35.4 Å². The first-order chi connectivity index (χ1) is 10.5. The van der Waals surface area contributed by atoms with Gasteiger partial charge in [-0.25, -0.2) is 4.79 Å². The van der Waals surface area contributed by atoms with E-state index in [1.165, 1.54) is 0 Å². The third kappa shape index (κ3) is 4.09. The molecule has 0 unspecified atom stereocenters. The van der Waals surface area contributed by atoms with Gasteiger partial charge in [-0.05, 0) is 43.7 Å². The monoisotopic (exact) mass is 317 g/mol. The van der Waals surface area contributed by atoms with E-state index in [1.54, 1.807) is 37.3 Å². The minimum absolute atomic E-state index is 0.349. The Morgan fingerprint density at radius 1 is 1.09 bits per heavy atom. The summed E-state index contributed by atoms with van der Waals surface area (Å²) in [5, 5.41) is 3.23. The highest BCUT2D eigenvalue weighted by Gasteiger charge is 2.11. The lowest BCUT2D eigenvalue weighted by Gasteiger charge is -2.10. The normalized spacial score (nSPS) is 10.1. The van der Waals surface area contributed by atoms with Crippen LogP contribution >= 0.6 is 11.6 Å². The van der Waals surface area contributed by atoms with E-state index in [0.29, 0.717) is 16.3 Å². The third-order valence-corrected chi connectivity index (χ3v) is 3.57. The van der Waals surface area contributed by atoms with Crippen LogP contribution in [0.15, 0.2) is 42.5 Å². The predicted octanol–water partition coefficient (Wildman–Crippen LogP) is 3.75. The third-order valence-electron chi connectivity index (χ3n) is 3.16. The summed E-state index contributed by atoms with van der Waals surface area (Å²) >= 11 is 5.98. The smallest absolute Gasteiger partial charge is 0.338 e. The van der Waals surface area contributed by atoms with Crippen molar-refractivity contribution in [3.8, 4) is 0 Å². The molecule has 0 radical (unpaired) electrons. The first-order valence-corrected chi connectivity index (χ1v) is 7.14. The van der Waals surface area contributed by atoms with Crippen LogP contribution in [0.4, 0.5) is 5.69 Å². The summed E-state index contributed by atoms with van der Waals surface area (Å²) in [6.07, 6.45) is 0. The van der Waals surface area contributed by atoms with Crippen molar-refractivity contribution in [2.24, 2.45) is 0 Å². The molecule has 0 saturated carbocycles. The van der Waals surface area contributed by atoms with Crippen LogP contribution in [0.1, 0.15) is 21.5 Å².